The van der Waals surface area contributed by atoms with Gasteiger partial charge in [-0.25, -0.2) is 0 Å². The van der Waals surface area contributed by atoms with Crippen LogP contribution in [-0.4, -0.2) is 5.78 Å². The summed E-state index contributed by atoms with van der Waals surface area (Å²) in [5.74, 6) is 0.318. The van der Waals surface area contributed by atoms with Gasteiger partial charge in [0, 0.05) is 6.42 Å². The van der Waals surface area contributed by atoms with Gasteiger partial charge in [0.15, 0.2) is 0 Å². The van der Waals surface area contributed by atoms with Crippen LogP contribution in [0.25, 0.3) is 0 Å². The largest absolute Gasteiger partial charge is 0.344 e. The number of rotatable bonds is 4. The SMILES string of the molecule is CCCCCC(C)=O.N. The Morgan fingerprint density at radius 3 is 2.22 bits per heavy atom. The standard InChI is InChI=1S/C7H14O.H3N/c1-3-4-5-6-7(2)8;/h3-6H2,1-2H3;1H3. The van der Waals surface area contributed by atoms with Gasteiger partial charge in [-0.2, -0.15) is 0 Å². The van der Waals surface area contributed by atoms with Crippen molar-refractivity contribution in [3.63, 3.8) is 0 Å². The van der Waals surface area contributed by atoms with Gasteiger partial charge in [0.1, 0.15) is 5.78 Å². The Morgan fingerprint density at radius 1 is 1.33 bits per heavy atom. The molecule has 0 radical (unpaired) electrons. The highest BCUT2D eigenvalue weighted by Crippen LogP contribution is 1.98. The number of carbonyl (C=O) groups is 1. The van der Waals surface area contributed by atoms with E-state index in [-0.39, 0.29) is 6.15 Å². The molecule has 0 unspecified atom stereocenters. The van der Waals surface area contributed by atoms with Gasteiger partial charge in [0.2, 0.25) is 0 Å². The third-order valence-electron chi connectivity index (χ3n) is 1.13. The van der Waals surface area contributed by atoms with Crippen LogP contribution in [-0.2, 0) is 4.79 Å². The molecule has 0 atom stereocenters. The fourth-order valence-electron chi connectivity index (χ4n) is 0.624. The molecule has 9 heavy (non-hydrogen) atoms. The van der Waals surface area contributed by atoms with Crippen molar-refractivity contribution in [3.05, 3.63) is 0 Å². The van der Waals surface area contributed by atoms with Crippen LogP contribution >= 0.6 is 0 Å². The number of hydrogen-bond acceptors (Lipinski definition) is 2. The summed E-state index contributed by atoms with van der Waals surface area (Å²) in [6.07, 6.45) is 4.24. The minimum absolute atomic E-state index is 0. The third kappa shape index (κ3) is 11.3. The highest BCUT2D eigenvalue weighted by atomic mass is 16.1. The third-order valence-corrected chi connectivity index (χ3v) is 1.13. The van der Waals surface area contributed by atoms with Crippen molar-refractivity contribution in [1.82, 2.24) is 6.15 Å². The Morgan fingerprint density at radius 2 is 1.89 bits per heavy atom. The van der Waals surface area contributed by atoms with Gasteiger partial charge >= 0.3 is 0 Å². The lowest BCUT2D eigenvalue weighted by molar-refractivity contribution is -0.117. The predicted octanol–water partition coefficient (Wildman–Crippen LogP) is 2.32. The smallest absolute Gasteiger partial charge is 0.129 e. The second kappa shape index (κ2) is 7.63. The van der Waals surface area contributed by atoms with E-state index < -0.39 is 0 Å². The zero-order valence-corrected chi connectivity index (χ0v) is 6.44. The summed E-state index contributed by atoms with van der Waals surface area (Å²) in [7, 11) is 0. The molecule has 0 aromatic rings. The summed E-state index contributed by atoms with van der Waals surface area (Å²) in [6, 6.07) is 0. The van der Waals surface area contributed by atoms with Crippen molar-refractivity contribution in [2.24, 2.45) is 0 Å². The molecule has 0 heterocycles. The summed E-state index contributed by atoms with van der Waals surface area (Å²) in [4.78, 5) is 10.3. The van der Waals surface area contributed by atoms with Crippen LogP contribution in [0.3, 0.4) is 0 Å². The maximum atomic E-state index is 10.3. The first-order valence-corrected chi connectivity index (χ1v) is 3.26. The van der Waals surface area contributed by atoms with Gasteiger partial charge in [0.05, 0.1) is 0 Å². The molecule has 3 N–H and O–H groups in total. The number of hydrogen-bond donors (Lipinski definition) is 1. The van der Waals surface area contributed by atoms with E-state index >= 15 is 0 Å². The molecule has 0 aliphatic heterocycles. The molecule has 0 saturated carbocycles. The first-order chi connectivity index (χ1) is 3.77. The summed E-state index contributed by atoms with van der Waals surface area (Å²) in [5.41, 5.74) is 0. The van der Waals surface area contributed by atoms with Crippen LogP contribution in [0, 0.1) is 0 Å². The lowest BCUT2D eigenvalue weighted by atomic mass is 10.2. The van der Waals surface area contributed by atoms with E-state index in [1.54, 1.807) is 6.92 Å². The Labute approximate surface area is 57.2 Å². The number of ketones is 1. The van der Waals surface area contributed by atoms with Crippen LogP contribution in [0.4, 0.5) is 0 Å². The predicted molar refractivity (Wildman–Crippen MR) is 39.8 cm³/mol. The van der Waals surface area contributed by atoms with Crippen molar-refractivity contribution >= 4 is 5.78 Å². The van der Waals surface area contributed by atoms with Crippen molar-refractivity contribution in [2.45, 2.75) is 39.5 Å². The fraction of sp³-hybridized carbons (Fsp3) is 0.857. The monoisotopic (exact) mass is 131 g/mol. The molecule has 0 rings (SSSR count). The van der Waals surface area contributed by atoms with Crippen molar-refractivity contribution in [3.8, 4) is 0 Å². The lowest BCUT2D eigenvalue weighted by Gasteiger charge is -1.90. The zero-order valence-electron chi connectivity index (χ0n) is 6.44. The Kier molecular flexibility index (Phi) is 9.69. The molecule has 0 amide bonds. The zero-order chi connectivity index (χ0) is 6.41. The Balaban J connectivity index is 0. The molecular formula is C7H17NO. The van der Waals surface area contributed by atoms with Crippen LogP contribution in [0.5, 0.6) is 0 Å². The molecule has 0 fully saturated rings. The number of Topliss-reactive ketones (excluding diaryl/α,β-unsaturated/α-hetero) is 1. The minimum atomic E-state index is 0. The Bertz CT molecular complexity index is 71.3. The average molecular weight is 131 g/mol. The van der Waals surface area contributed by atoms with Gasteiger partial charge in [-0.05, 0) is 13.3 Å². The minimum Gasteiger partial charge on any atom is -0.344 e. The van der Waals surface area contributed by atoms with Gasteiger partial charge in [-0.1, -0.05) is 19.8 Å². The summed E-state index contributed by atoms with van der Waals surface area (Å²) in [6.45, 7) is 3.79. The van der Waals surface area contributed by atoms with Crippen LogP contribution < -0.4 is 6.15 Å². The average Bonchev–Trinajstić information content (AvgIpc) is 1.66. The first kappa shape index (κ1) is 11.4. The van der Waals surface area contributed by atoms with E-state index in [9.17, 15) is 4.79 Å². The van der Waals surface area contributed by atoms with Gasteiger partial charge < -0.3 is 10.9 Å². The molecular weight excluding hydrogens is 114 g/mol. The highest BCUT2D eigenvalue weighted by Gasteiger charge is 1.89. The summed E-state index contributed by atoms with van der Waals surface area (Å²) < 4.78 is 0. The van der Waals surface area contributed by atoms with Crippen LogP contribution in [0.15, 0.2) is 0 Å². The van der Waals surface area contributed by atoms with Crippen molar-refractivity contribution in [2.75, 3.05) is 0 Å². The number of unbranched alkanes of at least 4 members (excludes halogenated alkanes) is 2. The molecule has 0 aliphatic carbocycles. The Hall–Kier alpha value is -0.370. The molecule has 0 aliphatic rings. The van der Waals surface area contributed by atoms with Crippen molar-refractivity contribution < 1.29 is 4.79 Å². The van der Waals surface area contributed by atoms with E-state index in [0.717, 1.165) is 12.8 Å². The van der Waals surface area contributed by atoms with Crippen molar-refractivity contribution in [1.29, 1.82) is 0 Å². The molecule has 56 valence electrons. The molecule has 2 heteroatoms. The second-order valence-electron chi connectivity index (χ2n) is 2.16. The van der Waals surface area contributed by atoms with E-state index in [0.29, 0.717) is 5.78 Å². The fourth-order valence-corrected chi connectivity index (χ4v) is 0.624. The molecule has 2 nitrogen and oxygen atoms in total. The maximum absolute atomic E-state index is 10.3. The van der Waals surface area contributed by atoms with Crippen LogP contribution in [0.1, 0.15) is 39.5 Å². The summed E-state index contributed by atoms with van der Waals surface area (Å²) >= 11 is 0. The van der Waals surface area contributed by atoms with E-state index in [1.807, 2.05) is 0 Å². The highest BCUT2D eigenvalue weighted by molar-refractivity contribution is 5.75. The summed E-state index contributed by atoms with van der Waals surface area (Å²) in [5, 5.41) is 0. The number of carbonyl (C=O) groups excluding carboxylic acids is 1. The molecule has 0 bridgehead atoms. The molecule has 0 saturated heterocycles. The molecule has 0 spiro atoms. The molecule has 0 aromatic heterocycles. The van der Waals surface area contributed by atoms with Gasteiger partial charge in [-0.15, -0.1) is 0 Å². The maximum Gasteiger partial charge on any atom is 0.129 e. The van der Waals surface area contributed by atoms with Gasteiger partial charge in [-0.3, -0.25) is 0 Å². The lowest BCUT2D eigenvalue weighted by Crippen LogP contribution is -1.87. The first-order valence-electron chi connectivity index (χ1n) is 3.26. The van der Waals surface area contributed by atoms with E-state index in [2.05, 4.69) is 6.92 Å². The normalized spacial score (nSPS) is 8.22. The van der Waals surface area contributed by atoms with E-state index in [1.165, 1.54) is 12.8 Å². The topological polar surface area (TPSA) is 52.1 Å². The quantitative estimate of drug-likeness (QED) is 0.595. The van der Waals surface area contributed by atoms with E-state index in [4.69, 9.17) is 0 Å². The van der Waals surface area contributed by atoms with Gasteiger partial charge in [0.25, 0.3) is 0 Å². The molecule has 0 aromatic carbocycles. The second-order valence-corrected chi connectivity index (χ2v) is 2.16. The van der Waals surface area contributed by atoms with Crippen LogP contribution in [0.2, 0.25) is 0 Å².